The molecule has 0 radical (unpaired) electrons. The predicted molar refractivity (Wildman–Crippen MR) is 126 cm³/mol. The Morgan fingerprint density at radius 1 is 1.13 bits per heavy atom. The van der Waals surface area contributed by atoms with Gasteiger partial charge in [-0.2, -0.15) is 0 Å². The molecule has 0 spiro atoms. The van der Waals surface area contributed by atoms with Crippen LogP contribution in [0.5, 0.6) is 5.75 Å². The van der Waals surface area contributed by atoms with E-state index in [1.54, 1.807) is 0 Å². The van der Waals surface area contributed by atoms with Crippen LogP contribution in [0.25, 0.3) is 11.3 Å². The number of aromatic nitrogens is 1. The molecule has 1 aliphatic heterocycles. The Labute approximate surface area is 188 Å². The summed E-state index contributed by atoms with van der Waals surface area (Å²) in [5.74, 6) is 2.54. The maximum absolute atomic E-state index is 6.37. The quantitative estimate of drug-likeness (QED) is 0.529. The van der Waals surface area contributed by atoms with Gasteiger partial charge in [-0.3, -0.25) is 4.98 Å². The molecule has 1 saturated heterocycles. The van der Waals surface area contributed by atoms with E-state index in [4.69, 9.17) is 21.4 Å². The van der Waals surface area contributed by atoms with Crippen molar-refractivity contribution < 1.29 is 9.15 Å². The number of pyridine rings is 1. The normalized spacial score (nSPS) is 18.5. The molecule has 3 heterocycles. The van der Waals surface area contributed by atoms with Gasteiger partial charge in [-0.1, -0.05) is 6.07 Å². The molecule has 0 amide bonds. The fourth-order valence-corrected chi connectivity index (χ4v) is 4.14. The highest BCUT2D eigenvalue weighted by atomic mass is 32.1. The number of hydrogen-bond acceptors (Lipinski definition) is 5. The van der Waals surface area contributed by atoms with Crippen LogP contribution in [0.1, 0.15) is 30.5 Å². The summed E-state index contributed by atoms with van der Waals surface area (Å²) in [5, 5.41) is 4.19. The number of nitrogens with one attached hydrogen (secondary N) is 1. The largest absolute Gasteiger partial charge is 0.494 e. The average molecular weight is 437 g/mol. The van der Waals surface area contributed by atoms with Crippen molar-refractivity contribution >= 4 is 17.3 Å². The van der Waals surface area contributed by atoms with Crippen molar-refractivity contribution in [3.05, 3.63) is 72.2 Å². The topological polar surface area (TPSA) is 53.8 Å². The molecule has 2 atom stereocenters. The highest BCUT2D eigenvalue weighted by molar-refractivity contribution is 7.80. The smallest absolute Gasteiger partial charge is 0.170 e. The molecule has 1 fully saturated rings. The van der Waals surface area contributed by atoms with Crippen molar-refractivity contribution in [3.8, 4) is 17.1 Å². The molecule has 2 aromatic heterocycles. The van der Waals surface area contributed by atoms with Gasteiger partial charge in [0.1, 0.15) is 23.3 Å². The van der Waals surface area contributed by atoms with E-state index in [-0.39, 0.29) is 12.1 Å². The number of ether oxygens (including phenoxy) is 1. The highest BCUT2D eigenvalue weighted by Crippen LogP contribution is 2.40. The zero-order valence-electron chi connectivity index (χ0n) is 18.1. The van der Waals surface area contributed by atoms with Crippen LogP contribution in [0, 0.1) is 0 Å². The number of rotatable bonds is 8. The molecule has 0 aliphatic carbocycles. The molecule has 1 aliphatic rings. The van der Waals surface area contributed by atoms with Crippen LogP contribution >= 0.6 is 12.2 Å². The third kappa shape index (κ3) is 4.73. The molecule has 1 aromatic carbocycles. The summed E-state index contributed by atoms with van der Waals surface area (Å²) in [6, 6.07) is 17.8. The molecule has 0 bridgehead atoms. The molecule has 4 rings (SSSR count). The molecule has 0 unspecified atom stereocenters. The second-order valence-electron chi connectivity index (χ2n) is 7.78. The third-order valence-electron chi connectivity index (χ3n) is 5.35. The number of likely N-dealkylation sites (N-methyl/N-ethyl adjacent to an activating group) is 1. The Morgan fingerprint density at radius 2 is 1.94 bits per heavy atom. The summed E-state index contributed by atoms with van der Waals surface area (Å²) in [6.07, 6.45) is 1.81. The average Bonchev–Trinajstić information content (AvgIpc) is 3.38. The minimum Gasteiger partial charge on any atom is -0.494 e. The van der Waals surface area contributed by atoms with E-state index in [1.807, 2.05) is 67.7 Å². The molecule has 6 nitrogen and oxygen atoms in total. The summed E-state index contributed by atoms with van der Waals surface area (Å²) >= 11 is 5.70. The van der Waals surface area contributed by atoms with Gasteiger partial charge in [0.15, 0.2) is 5.11 Å². The highest BCUT2D eigenvalue weighted by Gasteiger charge is 2.41. The Bertz CT molecular complexity index is 1000. The second kappa shape index (κ2) is 9.49. The lowest BCUT2D eigenvalue weighted by Gasteiger charge is -2.27. The second-order valence-corrected chi connectivity index (χ2v) is 8.17. The Kier molecular flexibility index (Phi) is 6.53. The summed E-state index contributed by atoms with van der Waals surface area (Å²) in [7, 11) is 4.13. The molecular formula is C24H28N4O2S. The molecule has 31 heavy (non-hydrogen) atoms. The maximum Gasteiger partial charge on any atom is 0.170 e. The van der Waals surface area contributed by atoms with Crippen molar-refractivity contribution in [1.29, 1.82) is 0 Å². The molecular weight excluding hydrogens is 408 g/mol. The van der Waals surface area contributed by atoms with Gasteiger partial charge in [-0.05, 0) is 81.8 Å². The first-order valence-electron chi connectivity index (χ1n) is 10.5. The molecule has 1 N–H and O–H groups in total. The minimum atomic E-state index is -0.0739. The number of benzene rings is 1. The van der Waals surface area contributed by atoms with Crippen molar-refractivity contribution in [2.75, 3.05) is 33.8 Å². The predicted octanol–water partition coefficient (Wildman–Crippen LogP) is 4.27. The number of thiocarbonyl (C=S) groups is 1. The summed E-state index contributed by atoms with van der Waals surface area (Å²) in [4.78, 5) is 8.94. The molecule has 7 heteroatoms. The van der Waals surface area contributed by atoms with Gasteiger partial charge in [-0.15, -0.1) is 0 Å². The first-order chi connectivity index (χ1) is 15.1. The van der Waals surface area contributed by atoms with Crippen molar-refractivity contribution in [2.24, 2.45) is 0 Å². The van der Waals surface area contributed by atoms with Gasteiger partial charge < -0.3 is 24.3 Å². The lowest BCUT2D eigenvalue weighted by Crippen LogP contribution is -2.35. The van der Waals surface area contributed by atoms with E-state index in [2.05, 4.69) is 34.2 Å². The fraction of sp³-hybridized carbons (Fsp3) is 0.333. The SMILES string of the molecule is CCOc1ccc(-c2ccc([C@H]3[C@@H](c4ccccn4)NC(=S)N3CCN(C)C)o2)cc1. The van der Waals surface area contributed by atoms with Gasteiger partial charge in [0.2, 0.25) is 0 Å². The fourth-order valence-electron chi connectivity index (χ4n) is 3.81. The Hall–Kier alpha value is -2.90. The van der Waals surface area contributed by atoms with Gasteiger partial charge >= 0.3 is 0 Å². The van der Waals surface area contributed by atoms with Crippen LogP contribution in [-0.4, -0.2) is 53.7 Å². The third-order valence-corrected chi connectivity index (χ3v) is 5.71. The van der Waals surface area contributed by atoms with Gasteiger partial charge in [0, 0.05) is 24.8 Å². The van der Waals surface area contributed by atoms with Crippen LogP contribution in [0.3, 0.4) is 0 Å². The van der Waals surface area contributed by atoms with Crippen LogP contribution in [-0.2, 0) is 0 Å². The zero-order valence-corrected chi connectivity index (χ0v) is 18.9. The minimum absolute atomic E-state index is 0.0706. The first-order valence-corrected chi connectivity index (χ1v) is 10.9. The van der Waals surface area contributed by atoms with Crippen LogP contribution in [0.4, 0.5) is 0 Å². The van der Waals surface area contributed by atoms with Gasteiger partial charge in [-0.25, -0.2) is 0 Å². The first kappa shape index (κ1) is 21.3. The van der Waals surface area contributed by atoms with Crippen LogP contribution < -0.4 is 10.1 Å². The van der Waals surface area contributed by atoms with E-state index in [1.165, 1.54) is 0 Å². The zero-order chi connectivity index (χ0) is 21.8. The number of furan rings is 1. The maximum atomic E-state index is 6.37. The number of nitrogens with zero attached hydrogens (tertiary/aromatic N) is 3. The van der Waals surface area contributed by atoms with E-state index >= 15 is 0 Å². The molecule has 0 saturated carbocycles. The molecule has 162 valence electrons. The van der Waals surface area contributed by atoms with Crippen molar-refractivity contribution in [1.82, 2.24) is 20.1 Å². The number of hydrogen-bond donors (Lipinski definition) is 1. The van der Waals surface area contributed by atoms with Gasteiger partial charge in [0.05, 0.1) is 18.3 Å². The van der Waals surface area contributed by atoms with Crippen LogP contribution in [0.2, 0.25) is 0 Å². The summed E-state index contributed by atoms with van der Waals surface area (Å²) in [5.41, 5.74) is 1.96. The molecule has 3 aromatic rings. The van der Waals surface area contributed by atoms with E-state index in [0.717, 1.165) is 46.7 Å². The summed E-state index contributed by atoms with van der Waals surface area (Å²) in [6.45, 7) is 4.31. The summed E-state index contributed by atoms with van der Waals surface area (Å²) < 4.78 is 11.9. The lowest BCUT2D eigenvalue weighted by atomic mass is 10.0. The lowest BCUT2D eigenvalue weighted by molar-refractivity contribution is 0.250. The van der Waals surface area contributed by atoms with Crippen molar-refractivity contribution in [2.45, 2.75) is 19.0 Å². The Balaban J connectivity index is 1.65. The van der Waals surface area contributed by atoms with E-state index in [0.29, 0.717) is 6.61 Å². The van der Waals surface area contributed by atoms with Crippen molar-refractivity contribution in [3.63, 3.8) is 0 Å². The van der Waals surface area contributed by atoms with Gasteiger partial charge in [0.25, 0.3) is 0 Å². The van der Waals surface area contributed by atoms with E-state index < -0.39 is 0 Å². The van der Waals surface area contributed by atoms with Crippen LogP contribution in [0.15, 0.2) is 65.2 Å². The monoisotopic (exact) mass is 436 g/mol. The van der Waals surface area contributed by atoms with E-state index in [9.17, 15) is 0 Å². The standard InChI is InChI=1S/C24H28N4O2S/c1-4-29-18-10-8-17(9-11-18)20-12-13-21(30-20)23-22(19-7-5-6-14-25-19)26-24(31)28(23)16-15-27(2)3/h5-14,22-23H,4,15-16H2,1-3H3,(H,26,31)/t22-,23+/m1/s1. The Morgan fingerprint density at radius 3 is 2.61 bits per heavy atom.